The summed E-state index contributed by atoms with van der Waals surface area (Å²) < 4.78 is 38.3. The van der Waals surface area contributed by atoms with E-state index in [-0.39, 0.29) is 13.1 Å². The molecule has 3 amide bonds. The summed E-state index contributed by atoms with van der Waals surface area (Å²) in [5.74, 6) is -2.75. The number of nitrogens with one attached hydrogen (secondary N) is 2. The van der Waals surface area contributed by atoms with Gasteiger partial charge in [0, 0.05) is 13.1 Å². The molecule has 0 aromatic carbocycles. The second-order valence-electron chi connectivity index (χ2n) is 4.52. The van der Waals surface area contributed by atoms with Crippen LogP contribution < -0.4 is 10.6 Å². The summed E-state index contributed by atoms with van der Waals surface area (Å²) in [6.07, 6.45) is -5.17. The van der Waals surface area contributed by atoms with Crippen LogP contribution in [0.2, 0.25) is 0 Å². The number of alkyl halides is 3. The zero-order chi connectivity index (χ0) is 15.7. The fourth-order valence-electron chi connectivity index (χ4n) is 1.59. The molecule has 1 fully saturated rings. The Bertz CT molecular complexity index is 440. The first-order valence-electron chi connectivity index (χ1n) is 5.67. The number of carboxylic acid groups (broad SMARTS) is 1. The van der Waals surface area contributed by atoms with E-state index in [2.05, 4.69) is 5.32 Å². The van der Waals surface area contributed by atoms with Crippen LogP contribution in [0.25, 0.3) is 0 Å². The van der Waals surface area contributed by atoms with Gasteiger partial charge in [0.2, 0.25) is 11.4 Å². The molecule has 1 saturated heterocycles. The van der Waals surface area contributed by atoms with Gasteiger partial charge in [-0.15, -0.1) is 0 Å². The van der Waals surface area contributed by atoms with Crippen LogP contribution >= 0.6 is 0 Å². The molecule has 0 radical (unpaired) electrons. The van der Waals surface area contributed by atoms with Crippen molar-refractivity contribution in [2.45, 2.75) is 31.6 Å². The van der Waals surface area contributed by atoms with Gasteiger partial charge in [0.25, 0.3) is 0 Å². The Morgan fingerprint density at radius 1 is 1.45 bits per heavy atom. The van der Waals surface area contributed by atoms with E-state index < -0.39 is 35.7 Å². The molecule has 10 heteroatoms. The van der Waals surface area contributed by atoms with Gasteiger partial charge < -0.3 is 20.6 Å². The van der Waals surface area contributed by atoms with Gasteiger partial charge in [-0.05, 0) is 13.8 Å². The van der Waals surface area contributed by atoms with Gasteiger partial charge >= 0.3 is 18.2 Å². The zero-order valence-electron chi connectivity index (χ0n) is 10.7. The highest BCUT2D eigenvalue weighted by Gasteiger charge is 2.59. The van der Waals surface area contributed by atoms with E-state index in [0.29, 0.717) is 6.92 Å². The summed E-state index contributed by atoms with van der Waals surface area (Å²) in [6.45, 7) is 1.76. The van der Waals surface area contributed by atoms with Crippen LogP contribution in [0.3, 0.4) is 0 Å². The monoisotopic (exact) mass is 297 g/mol. The van der Waals surface area contributed by atoms with Crippen molar-refractivity contribution in [3.8, 4) is 0 Å². The molecule has 0 aromatic heterocycles. The molecule has 0 spiro atoms. The van der Waals surface area contributed by atoms with Crippen molar-refractivity contribution in [2.75, 3.05) is 13.1 Å². The predicted octanol–water partition coefficient (Wildman–Crippen LogP) is -0.0781. The SMILES string of the molecule is CC1C(=O)NCCN1C(=O)NC(C)(C(=O)O)C(F)(F)F. The Kier molecular flexibility index (Phi) is 4.15. The fourth-order valence-corrected chi connectivity index (χ4v) is 1.59. The van der Waals surface area contributed by atoms with Crippen LogP contribution in [0.15, 0.2) is 0 Å². The normalized spacial score (nSPS) is 22.8. The molecular weight excluding hydrogens is 283 g/mol. The number of hydrogen-bond donors (Lipinski definition) is 3. The predicted molar refractivity (Wildman–Crippen MR) is 59.8 cm³/mol. The highest BCUT2D eigenvalue weighted by atomic mass is 19.4. The Morgan fingerprint density at radius 3 is 2.45 bits per heavy atom. The number of rotatable bonds is 2. The second kappa shape index (κ2) is 5.17. The van der Waals surface area contributed by atoms with Crippen LogP contribution in [-0.4, -0.2) is 58.8 Å². The standard InChI is InChI=1S/C10H14F3N3O4/c1-5-6(17)14-3-4-16(5)8(20)15-9(2,7(18)19)10(11,12)13/h5H,3-4H2,1-2H3,(H,14,17)(H,15,20)(H,18,19). The minimum absolute atomic E-state index is 0.00764. The highest BCUT2D eigenvalue weighted by molar-refractivity contribution is 5.91. The Labute approximate surface area is 112 Å². The molecule has 1 heterocycles. The van der Waals surface area contributed by atoms with Gasteiger partial charge in [-0.3, -0.25) is 4.79 Å². The van der Waals surface area contributed by atoms with Gasteiger partial charge in [-0.25, -0.2) is 9.59 Å². The number of urea groups is 1. The van der Waals surface area contributed by atoms with Gasteiger partial charge in [0.15, 0.2) is 0 Å². The van der Waals surface area contributed by atoms with Crippen molar-refractivity contribution < 1.29 is 32.7 Å². The summed E-state index contributed by atoms with van der Waals surface area (Å²) >= 11 is 0. The summed E-state index contributed by atoms with van der Waals surface area (Å²) in [5, 5.41) is 12.6. The van der Waals surface area contributed by atoms with E-state index in [0.717, 1.165) is 4.90 Å². The lowest BCUT2D eigenvalue weighted by Gasteiger charge is -2.36. The molecule has 114 valence electrons. The molecule has 0 bridgehead atoms. The Balaban J connectivity index is 2.93. The summed E-state index contributed by atoms with van der Waals surface area (Å²) in [6, 6.07) is -2.23. The largest absolute Gasteiger partial charge is 0.479 e. The smallest absolute Gasteiger partial charge is 0.422 e. The first-order chi connectivity index (χ1) is 9.00. The van der Waals surface area contributed by atoms with Crippen molar-refractivity contribution >= 4 is 17.9 Å². The minimum Gasteiger partial charge on any atom is -0.479 e. The van der Waals surface area contributed by atoms with Crippen molar-refractivity contribution in [3.05, 3.63) is 0 Å². The number of piperazine rings is 1. The summed E-state index contributed by atoms with van der Waals surface area (Å²) in [5.41, 5.74) is -3.42. The van der Waals surface area contributed by atoms with Crippen LogP contribution in [0.1, 0.15) is 13.8 Å². The molecule has 0 aliphatic carbocycles. The molecule has 20 heavy (non-hydrogen) atoms. The number of nitrogens with zero attached hydrogens (tertiary/aromatic N) is 1. The van der Waals surface area contributed by atoms with Crippen molar-refractivity contribution in [1.29, 1.82) is 0 Å². The van der Waals surface area contributed by atoms with Crippen LogP contribution in [0.5, 0.6) is 0 Å². The number of carboxylic acids is 1. The van der Waals surface area contributed by atoms with Crippen LogP contribution in [-0.2, 0) is 9.59 Å². The Hall–Kier alpha value is -2.00. The molecule has 0 saturated carbocycles. The van der Waals surface area contributed by atoms with Crippen molar-refractivity contribution in [1.82, 2.24) is 15.5 Å². The maximum atomic E-state index is 12.8. The zero-order valence-corrected chi connectivity index (χ0v) is 10.7. The highest BCUT2D eigenvalue weighted by Crippen LogP contribution is 2.30. The molecule has 1 aliphatic rings. The summed E-state index contributed by atoms with van der Waals surface area (Å²) in [7, 11) is 0. The van der Waals surface area contributed by atoms with E-state index in [9.17, 15) is 27.6 Å². The number of aliphatic carboxylic acids is 1. The van der Waals surface area contributed by atoms with E-state index >= 15 is 0 Å². The number of hydrogen-bond acceptors (Lipinski definition) is 3. The van der Waals surface area contributed by atoms with Gasteiger partial charge in [0.05, 0.1) is 0 Å². The average molecular weight is 297 g/mol. The minimum atomic E-state index is -5.17. The maximum absolute atomic E-state index is 12.8. The number of amides is 3. The van der Waals surface area contributed by atoms with E-state index in [1.165, 1.54) is 12.2 Å². The molecule has 1 aliphatic heterocycles. The number of carbonyl (C=O) groups is 3. The lowest BCUT2D eigenvalue weighted by Crippen LogP contribution is -2.67. The molecule has 2 atom stereocenters. The number of carbonyl (C=O) groups excluding carboxylic acids is 2. The van der Waals surface area contributed by atoms with E-state index in [4.69, 9.17) is 5.11 Å². The first kappa shape index (κ1) is 16.1. The Morgan fingerprint density at radius 2 is 2.00 bits per heavy atom. The lowest BCUT2D eigenvalue weighted by atomic mass is 10.0. The van der Waals surface area contributed by atoms with Gasteiger partial charge in [-0.1, -0.05) is 0 Å². The molecule has 1 rings (SSSR count). The molecule has 2 unspecified atom stereocenters. The lowest BCUT2D eigenvalue weighted by molar-refractivity contribution is -0.203. The third-order valence-electron chi connectivity index (χ3n) is 3.11. The third-order valence-corrected chi connectivity index (χ3v) is 3.11. The molecule has 0 aromatic rings. The van der Waals surface area contributed by atoms with Crippen molar-refractivity contribution in [3.63, 3.8) is 0 Å². The van der Waals surface area contributed by atoms with Crippen LogP contribution in [0, 0.1) is 0 Å². The van der Waals surface area contributed by atoms with Gasteiger partial charge in [-0.2, -0.15) is 13.2 Å². The van der Waals surface area contributed by atoms with Gasteiger partial charge in [0.1, 0.15) is 6.04 Å². The quantitative estimate of drug-likeness (QED) is 0.664. The van der Waals surface area contributed by atoms with E-state index in [1.807, 2.05) is 0 Å². The molecular formula is C10H14F3N3O4. The van der Waals surface area contributed by atoms with Crippen LogP contribution in [0.4, 0.5) is 18.0 Å². The average Bonchev–Trinajstić information content (AvgIpc) is 2.30. The summed E-state index contributed by atoms with van der Waals surface area (Å²) in [4.78, 5) is 34.8. The third kappa shape index (κ3) is 2.78. The van der Waals surface area contributed by atoms with Crippen molar-refractivity contribution in [2.24, 2.45) is 0 Å². The number of halogens is 3. The first-order valence-corrected chi connectivity index (χ1v) is 5.67. The topological polar surface area (TPSA) is 98.7 Å². The van der Waals surface area contributed by atoms with E-state index in [1.54, 1.807) is 0 Å². The second-order valence-corrected chi connectivity index (χ2v) is 4.52. The molecule has 3 N–H and O–H groups in total. The molecule has 7 nitrogen and oxygen atoms in total. The fraction of sp³-hybridized carbons (Fsp3) is 0.700. The maximum Gasteiger partial charge on any atom is 0.422 e.